The number of rotatable bonds is 2. The van der Waals surface area contributed by atoms with Crippen LogP contribution in [0.25, 0.3) is 11.1 Å². The zero-order chi connectivity index (χ0) is 13.3. The summed E-state index contributed by atoms with van der Waals surface area (Å²) < 4.78 is 27.1. The molecule has 0 amide bonds. The normalized spacial score (nSPS) is 10.9. The molecule has 0 aliphatic rings. The minimum absolute atomic E-state index is 0.160. The van der Waals surface area contributed by atoms with Crippen molar-refractivity contribution in [1.29, 1.82) is 0 Å². The van der Waals surface area contributed by atoms with Crippen molar-refractivity contribution in [3.8, 4) is 16.9 Å². The van der Waals surface area contributed by atoms with Crippen molar-refractivity contribution in [2.24, 2.45) is 0 Å². The lowest BCUT2D eigenvalue weighted by atomic mass is 9.97. The Balaban J connectivity index is 2.55. The van der Waals surface area contributed by atoms with Gasteiger partial charge in [0.1, 0.15) is 0 Å². The number of phenols is 1. The lowest BCUT2D eigenvalue weighted by Crippen LogP contribution is -1.92. The van der Waals surface area contributed by atoms with Crippen LogP contribution in [0.3, 0.4) is 0 Å². The highest BCUT2D eigenvalue weighted by atomic mass is 19.2. The summed E-state index contributed by atoms with van der Waals surface area (Å²) in [5.41, 5.74) is 1.82. The first-order chi connectivity index (χ1) is 8.50. The third-order valence-electron chi connectivity index (χ3n) is 2.93. The Bertz CT molecular complexity index is 577. The van der Waals surface area contributed by atoms with Crippen molar-refractivity contribution in [1.82, 2.24) is 0 Å². The third kappa shape index (κ3) is 2.21. The highest BCUT2D eigenvalue weighted by molar-refractivity contribution is 5.66. The predicted octanol–water partition coefficient (Wildman–Crippen LogP) is 4.46. The average Bonchev–Trinajstić information content (AvgIpc) is 2.36. The Kier molecular flexibility index (Phi) is 3.32. The van der Waals surface area contributed by atoms with E-state index in [1.165, 1.54) is 6.07 Å². The lowest BCUT2D eigenvalue weighted by molar-refractivity contribution is 0.408. The van der Waals surface area contributed by atoms with E-state index in [0.29, 0.717) is 11.5 Å². The molecule has 1 nitrogen and oxygen atoms in total. The molecule has 0 heterocycles. The van der Waals surface area contributed by atoms with E-state index in [0.717, 1.165) is 11.6 Å². The molecule has 0 aliphatic heterocycles. The van der Waals surface area contributed by atoms with Crippen LogP contribution in [0.15, 0.2) is 36.4 Å². The molecule has 0 atom stereocenters. The second kappa shape index (κ2) is 4.77. The van der Waals surface area contributed by atoms with Gasteiger partial charge in [0.15, 0.2) is 11.6 Å². The van der Waals surface area contributed by atoms with E-state index in [1.54, 1.807) is 6.07 Å². The van der Waals surface area contributed by atoms with E-state index < -0.39 is 17.4 Å². The van der Waals surface area contributed by atoms with Crippen LogP contribution in [0, 0.1) is 11.6 Å². The summed E-state index contributed by atoms with van der Waals surface area (Å²) in [7, 11) is 0. The average molecular weight is 248 g/mol. The molecule has 2 rings (SSSR count). The molecule has 94 valence electrons. The number of hydrogen-bond acceptors (Lipinski definition) is 1. The fourth-order valence-electron chi connectivity index (χ4n) is 1.83. The molecule has 0 saturated carbocycles. The van der Waals surface area contributed by atoms with Gasteiger partial charge >= 0.3 is 0 Å². The van der Waals surface area contributed by atoms with E-state index in [4.69, 9.17) is 5.11 Å². The number of benzene rings is 2. The van der Waals surface area contributed by atoms with E-state index in [-0.39, 0.29) is 5.56 Å². The molecule has 0 unspecified atom stereocenters. The van der Waals surface area contributed by atoms with Crippen LogP contribution < -0.4 is 0 Å². The zero-order valence-corrected chi connectivity index (χ0v) is 10.2. The van der Waals surface area contributed by atoms with Crippen LogP contribution in [0.2, 0.25) is 0 Å². The summed E-state index contributed by atoms with van der Waals surface area (Å²) in [5.74, 6) is -2.58. The fourth-order valence-corrected chi connectivity index (χ4v) is 1.83. The standard InChI is InChI=1S/C15H14F2O/c1-9(2)10-4-3-5-11(8-10)12-6-7-13(18)15(17)14(12)16/h3-9,18H,1-2H3. The number of phenolic OH excluding ortho intramolecular Hbond substituents is 1. The highest BCUT2D eigenvalue weighted by Crippen LogP contribution is 2.30. The van der Waals surface area contributed by atoms with Gasteiger partial charge in [-0.1, -0.05) is 38.1 Å². The number of halogens is 2. The van der Waals surface area contributed by atoms with Gasteiger partial charge in [-0.25, -0.2) is 4.39 Å². The maximum absolute atomic E-state index is 13.7. The van der Waals surface area contributed by atoms with Gasteiger partial charge in [-0.3, -0.25) is 0 Å². The topological polar surface area (TPSA) is 20.2 Å². The number of hydrogen-bond donors (Lipinski definition) is 1. The Morgan fingerprint density at radius 3 is 2.39 bits per heavy atom. The van der Waals surface area contributed by atoms with Crippen LogP contribution in [-0.2, 0) is 0 Å². The molecule has 2 aromatic carbocycles. The largest absolute Gasteiger partial charge is 0.505 e. The third-order valence-corrected chi connectivity index (χ3v) is 2.93. The molecule has 0 bridgehead atoms. The van der Waals surface area contributed by atoms with Crippen molar-refractivity contribution in [3.05, 3.63) is 53.6 Å². The van der Waals surface area contributed by atoms with Crippen LogP contribution in [0.5, 0.6) is 5.75 Å². The molecular formula is C15H14F2O. The second-order valence-corrected chi connectivity index (χ2v) is 4.54. The van der Waals surface area contributed by atoms with Crippen LogP contribution >= 0.6 is 0 Å². The summed E-state index contributed by atoms with van der Waals surface area (Å²) in [5, 5.41) is 9.10. The summed E-state index contributed by atoms with van der Waals surface area (Å²) in [6, 6.07) is 9.86. The lowest BCUT2D eigenvalue weighted by Gasteiger charge is -2.09. The Morgan fingerprint density at radius 1 is 1.00 bits per heavy atom. The first kappa shape index (κ1) is 12.6. The first-order valence-electron chi connectivity index (χ1n) is 5.78. The summed E-state index contributed by atoms with van der Waals surface area (Å²) in [6.45, 7) is 4.07. The fraction of sp³-hybridized carbons (Fsp3) is 0.200. The molecule has 0 saturated heterocycles. The summed E-state index contributed by atoms with van der Waals surface area (Å²) in [4.78, 5) is 0. The second-order valence-electron chi connectivity index (χ2n) is 4.54. The molecular weight excluding hydrogens is 234 g/mol. The van der Waals surface area contributed by atoms with Crippen LogP contribution in [0.1, 0.15) is 25.3 Å². The molecule has 3 heteroatoms. The van der Waals surface area contributed by atoms with Crippen molar-refractivity contribution in [2.75, 3.05) is 0 Å². The van der Waals surface area contributed by atoms with Gasteiger partial charge in [-0.2, -0.15) is 4.39 Å². The minimum Gasteiger partial charge on any atom is -0.505 e. The van der Waals surface area contributed by atoms with E-state index in [2.05, 4.69) is 0 Å². The Hall–Kier alpha value is -1.90. The van der Waals surface area contributed by atoms with Gasteiger partial charge in [0, 0.05) is 5.56 Å². The molecule has 0 spiro atoms. The predicted molar refractivity (Wildman–Crippen MR) is 67.5 cm³/mol. The van der Waals surface area contributed by atoms with Gasteiger partial charge in [0.05, 0.1) is 0 Å². The Morgan fingerprint density at radius 2 is 1.72 bits per heavy atom. The van der Waals surface area contributed by atoms with Crippen molar-refractivity contribution in [3.63, 3.8) is 0 Å². The quantitative estimate of drug-likeness (QED) is 0.831. The molecule has 2 aromatic rings. The summed E-state index contributed by atoms with van der Waals surface area (Å²) >= 11 is 0. The van der Waals surface area contributed by atoms with Gasteiger partial charge in [0.2, 0.25) is 5.82 Å². The number of aromatic hydroxyl groups is 1. The van der Waals surface area contributed by atoms with Crippen molar-refractivity contribution >= 4 is 0 Å². The monoisotopic (exact) mass is 248 g/mol. The van der Waals surface area contributed by atoms with Crippen molar-refractivity contribution < 1.29 is 13.9 Å². The SMILES string of the molecule is CC(C)c1cccc(-c2ccc(O)c(F)c2F)c1. The van der Waals surface area contributed by atoms with Gasteiger partial charge in [-0.05, 0) is 29.2 Å². The molecule has 0 aliphatic carbocycles. The highest BCUT2D eigenvalue weighted by Gasteiger charge is 2.14. The minimum atomic E-state index is -1.21. The molecule has 0 radical (unpaired) electrons. The first-order valence-corrected chi connectivity index (χ1v) is 5.78. The van der Waals surface area contributed by atoms with Crippen LogP contribution in [-0.4, -0.2) is 5.11 Å². The molecule has 1 N–H and O–H groups in total. The molecule has 0 aromatic heterocycles. The maximum Gasteiger partial charge on any atom is 0.200 e. The maximum atomic E-state index is 13.7. The Labute approximate surface area is 105 Å². The van der Waals surface area contributed by atoms with E-state index in [1.807, 2.05) is 32.0 Å². The smallest absolute Gasteiger partial charge is 0.200 e. The summed E-state index contributed by atoms with van der Waals surface area (Å²) in [6.07, 6.45) is 0. The van der Waals surface area contributed by atoms with E-state index in [9.17, 15) is 8.78 Å². The molecule has 18 heavy (non-hydrogen) atoms. The zero-order valence-electron chi connectivity index (χ0n) is 10.2. The van der Waals surface area contributed by atoms with E-state index >= 15 is 0 Å². The molecule has 0 fully saturated rings. The van der Waals surface area contributed by atoms with Gasteiger partial charge in [0.25, 0.3) is 0 Å². The van der Waals surface area contributed by atoms with Gasteiger partial charge < -0.3 is 5.11 Å². The van der Waals surface area contributed by atoms with Crippen molar-refractivity contribution in [2.45, 2.75) is 19.8 Å². The van der Waals surface area contributed by atoms with Crippen LogP contribution in [0.4, 0.5) is 8.78 Å². The van der Waals surface area contributed by atoms with Gasteiger partial charge in [-0.15, -0.1) is 0 Å².